The number of nitrogens with zero attached hydrogens (tertiary/aromatic N) is 2. The van der Waals surface area contributed by atoms with Gasteiger partial charge in [-0.25, -0.2) is 0 Å². The van der Waals surface area contributed by atoms with Gasteiger partial charge >= 0.3 is 0 Å². The number of benzene rings is 1. The molecule has 0 radical (unpaired) electrons. The number of nitro groups is 1. The molecule has 3 rings (SSSR count). The number of non-ortho nitro benzene ring substituents is 1. The second kappa shape index (κ2) is 7.32. The number of rotatable bonds is 5. The molecule has 1 aromatic heterocycles. The SMILES string of the molecule is CCCN1C(=O)C(=O)/C(=C(\O)c2ccc([N+](=O)[O-])cc2)C1c1sccc1C. The van der Waals surface area contributed by atoms with Crippen LogP contribution in [0.5, 0.6) is 0 Å². The number of ketones is 1. The Labute approximate surface area is 159 Å². The predicted molar refractivity (Wildman–Crippen MR) is 101 cm³/mol. The summed E-state index contributed by atoms with van der Waals surface area (Å²) in [5.41, 5.74) is 1.09. The van der Waals surface area contributed by atoms with E-state index in [0.29, 0.717) is 13.0 Å². The van der Waals surface area contributed by atoms with Gasteiger partial charge in [0, 0.05) is 29.1 Å². The van der Waals surface area contributed by atoms with Gasteiger partial charge in [-0.15, -0.1) is 11.3 Å². The van der Waals surface area contributed by atoms with E-state index in [4.69, 9.17) is 0 Å². The number of hydrogen-bond acceptors (Lipinski definition) is 6. The number of aliphatic hydroxyl groups excluding tert-OH is 1. The van der Waals surface area contributed by atoms with Crippen LogP contribution in [0.25, 0.3) is 5.76 Å². The highest BCUT2D eigenvalue weighted by molar-refractivity contribution is 7.10. The van der Waals surface area contributed by atoms with E-state index in [1.807, 2.05) is 25.3 Å². The van der Waals surface area contributed by atoms with Crippen LogP contribution < -0.4 is 0 Å². The Bertz CT molecular complexity index is 945. The van der Waals surface area contributed by atoms with Crippen molar-refractivity contribution in [2.45, 2.75) is 26.3 Å². The molecule has 1 aliphatic heterocycles. The molecule has 2 heterocycles. The molecular weight excluding hydrogens is 368 g/mol. The van der Waals surface area contributed by atoms with E-state index in [-0.39, 0.29) is 22.6 Å². The van der Waals surface area contributed by atoms with Crippen LogP contribution in [-0.2, 0) is 9.59 Å². The zero-order chi connectivity index (χ0) is 19.7. The predicted octanol–water partition coefficient (Wildman–Crippen LogP) is 3.80. The van der Waals surface area contributed by atoms with Gasteiger partial charge in [-0.2, -0.15) is 0 Å². The molecule has 0 saturated carbocycles. The summed E-state index contributed by atoms with van der Waals surface area (Å²) in [5.74, 6) is -1.70. The lowest BCUT2D eigenvalue weighted by Gasteiger charge is -2.24. The van der Waals surface area contributed by atoms with Crippen molar-refractivity contribution in [2.24, 2.45) is 0 Å². The number of hydrogen-bond donors (Lipinski definition) is 1. The highest BCUT2D eigenvalue weighted by Gasteiger charge is 2.46. The summed E-state index contributed by atoms with van der Waals surface area (Å²) in [5, 5.41) is 23.5. The topological polar surface area (TPSA) is 101 Å². The molecule has 2 aromatic rings. The molecule has 8 heteroatoms. The minimum Gasteiger partial charge on any atom is -0.507 e. The number of carbonyl (C=O) groups excluding carboxylic acids is 2. The fraction of sp³-hybridized carbons (Fsp3) is 0.263. The molecule has 1 aromatic carbocycles. The molecule has 1 atom stereocenters. The third kappa shape index (κ3) is 3.23. The van der Waals surface area contributed by atoms with Gasteiger partial charge in [0.2, 0.25) is 0 Å². The van der Waals surface area contributed by atoms with Gasteiger partial charge < -0.3 is 10.0 Å². The second-order valence-corrected chi connectivity index (χ2v) is 7.21. The summed E-state index contributed by atoms with van der Waals surface area (Å²) in [4.78, 5) is 37.8. The molecule has 7 nitrogen and oxygen atoms in total. The van der Waals surface area contributed by atoms with Crippen molar-refractivity contribution >= 4 is 34.5 Å². The smallest absolute Gasteiger partial charge is 0.295 e. The van der Waals surface area contributed by atoms with Crippen LogP contribution in [-0.4, -0.2) is 33.2 Å². The van der Waals surface area contributed by atoms with Gasteiger partial charge in [0.1, 0.15) is 5.76 Å². The molecule has 0 bridgehead atoms. The van der Waals surface area contributed by atoms with Gasteiger partial charge in [-0.05, 0) is 42.5 Å². The van der Waals surface area contributed by atoms with E-state index in [2.05, 4.69) is 0 Å². The first kappa shape index (κ1) is 18.8. The first-order valence-electron chi connectivity index (χ1n) is 8.44. The number of thiophene rings is 1. The fourth-order valence-corrected chi connectivity index (χ4v) is 4.23. The van der Waals surface area contributed by atoms with Gasteiger partial charge in [0.15, 0.2) is 0 Å². The van der Waals surface area contributed by atoms with E-state index < -0.39 is 22.7 Å². The maximum absolute atomic E-state index is 12.7. The number of nitro benzene ring substituents is 1. The summed E-state index contributed by atoms with van der Waals surface area (Å²) < 4.78 is 0. The van der Waals surface area contributed by atoms with Gasteiger partial charge in [0.05, 0.1) is 16.5 Å². The molecule has 1 N–H and O–H groups in total. The molecule has 1 saturated heterocycles. The van der Waals surface area contributed by atoms with E-state index in [1.165, 1.54) is 40.5 Å². The van der Waals surface area contributed by atoms with E-state index in [1.54, 1.807) is 0 Å². The van der Waals surface area contributed by atoms with Crippen molar-refractivity contribution in [3.63, 3.8) is 0 Å². The average molecular weight is 386 g/mol. The highest BCUT2D eigenvalue weighted by Crippen LogP contribution is 2.42. The van der Waals surface area contributed by atoms with Crippen LogP contribution in [0, 0.1) is 17.0 Å². The van der Waals surface area contributed by atoms with Crippen LogP contribution in [0.1, 0.15) is 35.4 Å². The lowest BCUT2D eigenvalue weighted by Crippen LogP contribution is -2.30. The maximum Gasteiger partial charge on any atom is 0.295 e. The number of carbonyl (C=O) groups is 2. The number of aliphatic hydroxyl groups is 1. The first-order valence-corrected chi connectivity index (χ1v) is 9.32. The summed E-state index contributed by atoms with van der Waals surface area (Å²) in [6.45, 7) is 4.20. The van der Waals surface area contributed by atoms with Crippen LogP contribution in [0.15, 0.2) is 41.3 Å². The van der Waals surface area contributed by atoms with Crippen molar-refractivity contribution in [3.8, 4) is 0 Å². The van der Waals surface area contributed by atoms with Crippen LogP contribution in [0.4, 0.5) is 5.69 Å². The average Bonchev–Trinajstić information content (AvgIpc) is 3.17. The summed E-state index contributed by atoms with van der Waals surface area (Å²) >= 11 is 1.42. The molecule has 27 heavy (non-hydrogen) atoms. The maximum atomic E-state index is 12.7. The standard InChI is InChI=1S/C19H18N2O5S/c1-3-9-20-15(18-11(2)8-10-27-18)14(17(23)19(20)24)16(22)12-4-6-13(7-5-12)21(25)26/h4-8,10,15,22H,3,9H2,1-2H3/b16-14-. The summed E-state index contributed by atoms with van der Waals surface area (Å²) in [7, 11) is 0. The third-order valence-electron chi connectivity index (χ3n) is 4.51. The number of amides is 1. The Morgan fingerprint density at radius 3 is 2.44 bits per heavy atom. The van der Waals surface area contributed by atoms with Crippen LogP contribution >= 0.6 is 11.3 Å². The minimum atomic E-state index is -0.739. The van der Waals surface area contributed by atoms with Crippen LogP contribution in [0.2, 0.25) is 0 Å². The molecule has 140 valence electrons. The van der Waals surface area contributed by atoms with Gasteiger partial charge in [-0.3, -0.25) is 19.7 Å². The summed E-state index contributed by atoms with van der Waals surface area (Å²) in [6, 6.07) is 6.50. The van der Waals surface area contributed by atoms with Crippen molar-refractivity contribution in [1.82, 2.24) is 4.90 Å². The highest BCUT2D eigenvalue weighted by atomic mass is 32.1. The Kier molecular flexibility index (Phi) is 5.09. The zero-order valence-corrected chi connectivity index (χ0v) is 15.7. The van der Waals surface area contributed by atoms with Crippen molar-refractivity contribution in [2.75, 3.05) is 6.54 Å². The van der Waals surface area contributed by atoms with E-state index in [0.717, 1.165) is 10.4 Å². The molecule has 1 unspecified atom stereocenters. The van der Waals surface area contributed by atoms with Gasteiger partial charge in [0.25, 0.3) is 17.4 Å². The van der Waals surface area contributed by atoms with E-state index in [9.17, 15) is 24.8 Å². The quantitative estimate of drug-likeness (QED) is 0.277. The largest absolute Gasteiger partial charge is 0.507 e. The summed E-state index contributed by atoms with van der Waals surface area (Å²) in [6.07, 6.45) is 0.672. The minimum absolute atomic E-state index is 0.0212. The Balaban J connectivity index is 2.15. The van der Waals surface area contributed by atoms with Crippen LogP contribution in [0.3, 0.4) is 0 Å². The molecule has 0 spiro atoms. The molecular formula is C19H18N2O5S. The Morgan fingerprint density at radius 2 is 1.93 bits per heavy atom. The molecule has 1 amide bonds. The number of likely N-dealkylation sites (tertiary alicyclic amines) is 1. The number of Topliss-reactive ketones (excluding diaryl/α,β-unsaturated/α-hetero) is 1. The molecule has 1 fully saturated rings. The number of aryl methyl sites for hydroxylation is 1. The van der Waals surface area contributed by atoms with E-state index >= 15 is 0 Å². The normalized spacial score (nSPS) is 18.9. The molecule has 1 aliphatic rings. The monoisotopic (exact) mass is 386 g/mol. The fourth-order valence-electron chi connectivity index (χ4n) is 3.19. The Hall–Kier alpha value is -3.00. The van der Waals surface area contributed by atoms with Crippen molar-refractivity contribution in [3.05, 3.63) is 67.4 Å². The Morgan fingerprint density at radius 1 is 1.26 bits per heavy atom. The van der Waals surface area contributed by atoms with Crippen molar-refractivity contribution in [1.29, 1.82) is 0 Å². The zero-order valence-electron chi connectivity index (χ0n) is 14.8. The lowest BCUT2D eigenvalue weighted by atomic mass is 9.98. The first-order chi connectivity index (χ1) is 12.9. The third-order valence-corrected chi connectivity index (χ3v) is 5.58. The van der Waals surface area contributed by atoms with Gasteiger partial charge in [-0.1, -0.05) is 6.92 Å². The lowest BCUT2D eigenvalue weighted by molar-refractivity contribution is -0.384. The second-order valence-electron chi connectivity index (χ2n) is 6.26. The van der Waals surface area contributed by atoms with Crippen molar-refractivity contribution < 1.29 is 19.6 Å². The molecule has 0 aliphatic carbocycles.